The number of hydrogen-bond acceptors (Lipinski definition) is 3. The highest BCUT2D eigenvalue weighted by Crippen LogP contribution is 2.48. The van der Waals surface area contributed by atoms with Crippen LogP contribution in [0.2, 0.25) is 0 Å². The van der Waals surface area contributed by atoms with Crippen molar-refractivity contribution in [1.82, 2.24) is 23.3 Å². The van der Waals surface area contributed by atoms with Crippen molar-refractivity contribution in [2.45, 2.75) is 0 Å². The Morgan fingerprint density at radius 1 is 0.233 bits per heavy atom. The fourth-order valence-corrected chi connectivity index (χ4v) is 17.6. The molecule has 0 saturated carbocycles. The van der Waals surface area contributed by atoms with Gasteiger partial charge in [-0.15, -0.1) is 22.7 Å². The summed E-state index contributed by atoms with van der Waals surface area (Å²) < 4.78 is 14.8. The van der Waals surface area contributed by atoms with Gasteiger partial charge in [-0.2, -0.15) is 0 Å². The molecule has 0 unspecified atom stereocenters. The quantitative estimate of drug-likeness (QED) is 0.157. The molecule has 0 fully saturated rings. The predicted molar refractivity (Wildman–Crippen MR) is 384 cm³/mol. The molecule has 0 bridgehead atoms. The highest BCUT2D eigenvalue weighted by molar-refractivity contribution is 7.26. The van der Waals surface area contributed by atoms with Crippen LogP contribution in [0.15, 0.2) is 297 Å². The van der Waals surface area contributed by atoms with Crippen LogP contribution < -0.4 is 0 Å². The fraction of sp³-hybridized carbons (Fsp3) is 0. The molecule has 0 aliphatic carbocycles. The van der Waals surface area contributed by atoms with E-state index in [4.69, 9.17) is 4.98 Å². The summed E-state index contributed by atoms with van der Waals surface area (Å²) >= 11 is 3.71. The van der Waals surface area contributed by atoms with Gasteiger partial charge in [-0.05, 0) is 143 Å². The molecule has 0 N–H and O–H groups in total. The lowest BCUT2D eigenvalue weighted by Crippen LogP contribution is -1.97. The molecule has 90 heavy (non-hydrogen) atoms. The summed E-state index contributed by atoms with van der Waals surface area (Å²) in [5.74, 6) is 0.964. The average molecular weight is 1180 g/mol. The van der Waals surface area contributed by atoms with Crippen molar-refractivity contribution in [2.75, 3.05) is 0 Å². The van der Waals surface area contributed by atoms with Gasteiger partial charge in [-0.25, -0.2) is 4.98 Å². The third-order valence-electron chi connectivity index (χ3n) is 19.0. The zero-order chi connectivity index (χ0) is 58.7. The van der Waals surface area contributed by atoms with Gasteiger partial charge in [-0.3, -0.25) is 4.57 Å². The Labute approximate surface area is 523 Å². The molecule has 0 amide bonds. The molecular formula is C83H49N5S2. The summed E-state index contributed by atoms with van der Waals surface area (Å²) in [6.07, 6.45) is 1.98. The van der Waals surface area contributed by atoms with Crippen LogP contribution >= 0.6 is 22.7 Å². The molecule has 7 heteroatoms. The Balaban J connectivity index is 0.712. The Bertz CT molecular complexity index is 6380. The van der Waals surface area contributed by atoms with Crippen LogP contribution in [0.4, 0.5) is 0 Å². The molecule has 0 spiro atoms. The molecule has 0 radical (unpaired) electrons. The average Bonchev–Trinajstić information content (AvgIpc) is 1.89. The number of pyridine rings is 1. The van der Waals surface area contributed by atoms with E-state index >= 15 is 0 Å². The lowest BCUT2D eigenvalue weighted by molar-refractivity contribution is 1.11. The van der Waals surface area contributed by atoms with E-state index in [-0.39, 0.29) is 0 Å². The Kier molecular flexibility index (Phi) is 10.5. The predicted octanol–water partition coefficient (Wildman–Crippen LogP) is 23.2. The highest BCUT2D eigenvalue weighted by atomic mass is 32.1. The summed E-state index contributed by atoms with van der Waals surface area (Å²) in [4.78, 5) is 5.12. The van der Waals surface area contributed by atoms with Crippen LogP contribution in [-0.2, 0) is 0 Å². The molecule has 0 aliphatic rings. The molecule has 0 saturated heterocycles. The topological polar surface area (TPSA) is 32.6 Å². The van der Waals surface area contributed by atoms with E-state index in [0.29, 0.717) is 0 Å². The number of rotatable bonds is 7. The van der Waals surface area contributed by atoms with E-state index in [9.17, 15) is 0 Å². The maximum Gasteiger partial charge on any atom is 0.155 e. The summed E-state index contributed by atoms with van der Waals surface area (Å²) in [7, 11) is 0. The van der Waals surface area contributed by atoms with E-state index in [1.165, 1.54) is 150 Å². The zero-order valence-electron chi connectivity index (χ0n) is 48.3. The van der Waals surface area contributed by atoms with E-state index in [1.54, 1.807) is 0 Å². The molecule has 5 nitrogen and oxygen atoms in total. The standard InChI is InChI=1S/C83H49N5S2/c1-8-33-70-57(22-1)58-23-2-9-34-71(58)88(70)83-82-64(44-45-84-83)68-49-55(41-43-78(68)90-82)87-73-36-11-5-27-66(73)80-62(30-17-38-76(80)87)61-29-16-37-75-79(61)65-26-4-10-35-72(65)86(75)54-40-42-74-67(48-54)59-24-3-7-32-69(59)85(74)53-21-14-19-51(47-53)50-18-13-20-52(46-50)56-28-15-31-63-60-25-6-12-39-77(60)89-81(56)63/h1-49H. The largest absolute Gasteiger partial charge is 0.309 e. The second kappa shape index (κ2) is 19.1. The Morgan fingerprint density at radius 2 is 0.656 bits per heavy atom. The number of aromatic nitrogens is 5. The van der Waals surface area contributed by atoms with Crippen molar-refractivity contribution in [1.29, 1.82) is 0 Å². The second-order valence-electron chi connectivity index (χ2n) is 23.7. The first-order valence-electron chi connectivity index (χ1n) is 30.7. The number of para-hydroxylation sites is 5. The number of hydrogen-bond donors (Lipinski definition) is 0. The first-order chi connectivity index (χ1) is 44.7. The molecular weight excluding hydrogens is 1130 g/mol. The van der Waals surface area contributed by atoms with Gasteiger partial charge >= 0.3 is 0 Å². The molecule has 20 aromatic rings. The molecule has 7 heterocycles. The molecule has 20 rings (SSSR count). The third kappa shape index (κ3) is 7.10. The minimum atomic E-state index is 0.964. The van der Waals surface area contributed by atoms with E-state index in [0.717, 1.165) is 33.9 Å². The van der Waals surface area contributed by atoms with Crippen molar-refractivity contribution in [2.24, 2.45) is 0 Å². The number of benzene rings is 13. The maximum absolute atomic E-state index is 5.12. The lowest BCUT2D eigenvalue weighted by Gasteiger charge is -2.13. The molecule has 0 atom stereocenters. The van der Waals surface area contributed by atoms with E-state index in [2.05, 4.69) is 309 Å². The van der Waals surface area contributed by atoms with Gasteiger partial charge < -0.3 is 13.7 Å². The van der Waals surface area contributed by atoms with Gasteiger partial charge in [0.25, 0.3) is 0 Å². The number of nitrogens with zero attached hydrogens (tertiary/aromatic N) is 5. The van der Waals surface area contributed by atoms with Crippen molar-refractivity contribution in [3.8, 4) is 56.3 Å². The maximum atomic E-state index is 5.12. The Hall–Kier alpha value is -11.4. The van der Waals surface area contributed by atoms with Gasteiger partial charge in [0.15, 0.2) is 5.82 Å². The monoisotopic (exact) mass is 1180 g/mol. The molecule has 0 aliphatic heterocycles. The van der Waals surface area contributed by atoms with Gasteiger partial charge in [0.05, 0.1) is 48.8 Å². The molecule has 7 aromatic heterocycles. The highest BCUT2D eigenvalue weighted by Gasteiger charge is 2.24. The van der Waals surface area contributed by atoms with Gasteiger partial charge in [-0.1, -0.05) is 182 Å². The van der Waals surface area contributed by atoms with Crippen molar-refractivity contribution in [3.05, 3.63) is 297 Å². The van der Waals surface area contributed by atoms with Crippen LogP contribution in [0.3, 0.4) is 0 Å². The third-order valence-corrected chi connectivity index (χ3v) is 21.4. The van der Waals surface area contributed by atoms with Crippen LogP contribution in [0.25, 0.3) is 184 Å². The summed E-state index contributed by atoms with van der Waals surface area (Å²) in [5.41, 5.74) is 20.0. The van der Waals surface area contributed by atoms with Gasteiger partial charge in [0, 0.05) is 102 Å². The van der Waals surface area contributed by atoms with Crippen molar-refractivity contribution < 1.29 is 0 Å². The van der Waals surface area contributed by atoms with Crippen LogP contribution in [0.5, 0.6) is 0 Å². The van der Waals surface area contributed by atoms with Crippen molar-refractivity contribution in [3.63, 3.8) is 0 Å². The normalized spacial score (nSPS) is 12.2. The first-order valence-corrected chi connectivity index (χ1v) is 32.3. The van der Waals surface area contributed by atoms with Crippen LogP contribution in [-0.4, -0.2) is 23.3 Å². The van der Waals surface area contributed by atoms with Gasteiger partial charge in [0.2, 0.25) is 0 Å². The SMILES string of the molecule is c1cc(-c2cccc(-n3c4ccccc4c4cc(-n5c6ccccc6c6c(-c7cccc8c7c7ccccc7n8-c7ccc8sc9c(-n%10c%11ccccc%11c%11ccccc%11%10)nccc9c8c7)cccc65)ccc43)c2)cc(-c2cccc3c2sc2ccccc23)c1. The summed E-state index contributed by atoms with van der Waals surface area (Å²) in [5, 5.41) is 14.9. The van der Waals surface area contributed by atoms with Gasteiger partial charge in [0.1, 0.15) is 0 Å². The zero-order valence-corrected chi connectivity index (χ0v) is 50.0. The fourth-order valence-electron chi connectivity index (χ4n) is 15.2. The van der Waals surface area contributed by atoms with Crippen molar-refractivity contribution >= 4 is 150 Å². The lowest BCUT2D eigenvalue weighted by atomic mass is 9.95. The summed E-state index contributed by atoms with van der Waals surface area (Å²) in [6, 6.07) is 108. The first kappa shape index (κ1) is 49.7. The molecule has 418 valence electrons. The van der Waals surface area contributed by atoms with Crippen LogP contribution in [0.1, 0.15) is 0 Å². The molecule has 13 aromatic carbocycles. The smallest absolute Gasteiger partial charge is 0.155 e. The number of fused-ring (bicyclic) bond motifs is 18. The minimum Gasteiger partial charge on any atom is -0.309 e. The Morgan fingerprint density at radius 3 is 1.33 bits per heavy atom. The van der Waals surface area contributed by atoms with E-state index < -0.39 is 0 Å². The summed E-state index contributed by atoms with van der Waals surface area (Å²) in [6.45, 7) is 0. The van der Waals surface area contributed by atoms with Crippen LogP contribution in [0, 0.1) is 0 Å². The number of thiophene rings is 2. The minimum absolute atomic E-state index is 0.964. The van der Waals surface area contributed by atoms with E-state index in [1.807, 2.05) is 28.9 Å². The second-order valence-corrected chi connectivity index (χ2v) is 25.8.